The monoisotopic (exact) mass is 442 g/mol. The van der Waals surface area contributed by atoms with Crippen molar-refractivity contribution < 1.29 is 9.47 Å². The summed E-state index contributed by atoms with van der Waals surface area (Å²) < 4.78 is 11.0. The summed E-state index contributed by atoms with van der Waals surface area (Å²) in [7, 11) is 3.44. The van der Waals surface area contributed by atoms with Crippen LogP contribution in [0.2, 0.25) is 0 Å². The zero-order valence-electron chi connectivity index (χ0n) is 19.7. The Bertz CT molecular complexity index is 978. The quantitative estimate of drug-likeness (QED) is 0.503. The van der Waals surface area contributed by atoms with Crippen LogP contribution >= 0.6 is 0 Å². The number of benzene rings is 3. The summed E-state index contributed by atoms with van der Waals surface area (Å²) in [6, 6.07) is 29.4. The van der Waals surface area contributed by atoms with Crippen molar-refractivity contribution in [3.8, 4) is 11.5 Å². The van der Waals surface area contributed by atoms with Crippen molar-refractivity contribution in [2.24, 2.45) is 0 Å². The molecule has 2 aliphatic heterocycles. The first-order valence-corrected chi connectivity index (χ1v) is 12.0. The predicted octanol–water partition coefficient (Wildman–Crippen LogP) is 5.18. The van der Waals surface area contributed by atoms with Crippen LogP contribution in [-0.4, -0.2) is 55.7 Å². The fraction of sp³-hybridized carbons (Fsp3) is 0.379. The molecule has 0 unspecified atom stereocenters. The highest BCUT2D eigenvalue weighted by Gasteiger charge is 2.41. The Morgan fingerprint density at radius 3 is 2.00 bits per heavy atom. The molecule has 0 bridgehead atoms. The van der Waals surface area contributed by atoms with Gasteiger partial charge in [-0.25, -0.2) is 0 Å². The van der Waals surface area contributed by atoms with Crippen LogP contribution in [0.1, 0.15) is 35.4 Å². The Morgan fingerprint density at radius 1 is 0.818 bits per heavy atom. The molecule has 2 fully saturated rings. The lowest BCUT2D eigenvalue weighted by Crippen LogP contribution is -2.57. The third-order valence-corrected chi connectivity index (χ3v) is 7.28. The van der Waals surface area contributed by atoms with Gasteiger partial charge < -0.3 is 9.47 Å². The molecule has 0 N–H and O–H groups in total. The minimum absolute atomic E-state index is 0.357. The van der Waals surface area contributed by atoms with Gasteiger partial charge in [-0.1, -0.05) is 60.7 Å². The van der Waals surface area contributed by atoms with Crippen molar-refractivity contribution in [2.75, 3.05) is 33.9 Å². The van der Waals surface area contributed by atoms with Crippen molar-refractivity contribution in [2.45, 2.75) is 37.4 Å². The SMILES string of the molecule is COc1cc(CN2C[C@@H]3CCCN3[C@H](C(c3ccccc3)c3ccccc3)C2)cc(OC)c1. The molecule has 2 saturated heterocycles. The zero-order chi connectivity index (χ0) is 22.6. The van der Waals surface area contributed by atoms with Gasteiger partial charge in [-0.3, -0.25) is 9.80 Å². The maximum absolute atomic E-state index is 5.52. The fourth-order valence-corrected chi connectivity index (χ4v) is 5.83. The maximum atomic E-state index is 5.52. The summed E-state index contributed by atoms with van der Waals surface area (Å²) in [5, 5.41) is 0. The molecule has 172 valence electrons. The second-order valence-electron chi connectivity index (χ2n) is 9.32. The van der Waals surface area contributed by atoms with Gasteiger partial charge in [0.25, 0.3) is 0 Å². The zero-order valence-corrected chi connectivity index (χ0v) is 19.7. The van der Waals surface area contributed by atoms with E-state index in [-0.39, 0.29) is 0 Å². The van der Waals surface area contributed by atoms with Crippen LogP contribution in [0.5, 0.6) is 11.5 Å². The van der Waals surface area contributed by atoms with Crippen LogP contribution in [0.15, 0.2) is 78.9 Å². The first kappa shape index (κ1) is 22.0. The average molecular weight is 443 g/mol. The van der Waals surface area contributed by atoms with Crippen molar-refractivity contribution in [1.29, 1.82) is 0 Å². The number of nitrogens with zero attached hydrogens (tertiary/aromatic N) is 2. The van der Waals surface area contributed by atoms with Crippen LogP contribution in [0.4, 0.5) is 0 Å². The Balaban J connectivity index is 1.47. The molecular weight excluding hydrogens is 408 g/mol. The molecule has 33 heavy (non-hydrogen) atoms. The Labute approximate surface area is 197 Å². The Hall–Kier alpha value is -2.82. The number of piperazine rings is 1. The number of methoxy groups -OCH3 is 2. The van der Waals surface area contributed by atoms with Crippen LogP contribution in [0.25, 0.3) is 0 Å². The van der Waals surface area contributed by atoms with Crippen molar-refractivity contribution in [3.63, 3.8) is 0 Å². The van der Waals surface area contributed by atoms with Crippen molar-refractivity contribution in [3.05, 3.63) is 95.6 Å². The van der Waals surface area contributed by atoms with E-state index in [1.807, 2.05) is 6.07 Å². The van der Waals surface area contributed by atoms with Gasteiger partial charge in [0.05, 0.1) is 14.2 Å². The summed E-state index contributed by atoms with van der Waals surface area (Å²) in [4.78, 5) is 5.44. The highest BCUT2D eigenvalue weighted by Crippen LogP contribution is 2.38. The highest BCUT2D eigenvalue weighted by molar-refractivity contribution is 5.39. The smallest absolute Gasteiger partial charge is 0.122 e. The number of hydrogen-bond donors (Lipinski definition) is 0. The predicted molar refractivity (Wildman–Crippen MR) is 133 cm³/mol. The first-order valence-electron chi connectivity index (χ1n) is 12.0. The molecule has 0 radical (unpaired) electrons. The number of ether oxygens (including phenoxy) is 2. The van der Waals surface area contributed by atoms with E-state index in [1.54, 1.807) is 14.2 Å². The normalized spacial score (nSPS) is 21.2. The molecule has 4 nitrogen and oxygen atoms in total. The van der Waals surface area contributed by atoms with Gasteiger partial charge in [0.1, 0.15) is 11.5 Å². The Kier molecular flexibility index (Phi) is 6.65. The molecular formula is C29H34N2O2. The van der Waals surface area contributed by atoms with E-state index in [0.29, 0.717) is 18.0 Å². The molecule has 0 aliphatic carbocycles. The van der Waals surface area contributed by atoms with E-state index in [4.69, 9.17) is 9.47 Å². The van der Waals surface area contributed by atoms with Gasteiger partial charge in [-0.05, 0) is 48.2 Å². The third-order valence-electron chi connectivity index (χ3n) is 7.28. The molecule has 4 heteroatoms. The molecule has 3 aromatic carbocycles. The standard InChI is InChI=1S/C29H34N2O2/c1-32-26-16-22(17-27(18-26)33-2)19-30-20-25-14-9-15-31(25)28(21-30)29(23-10-5-3-6-11-23)24-12-7-4-8-13-24/h3-8,10-13,16-18,25,28-29H,9,14-15,19-21H2,1-2H3/t25-,28-/m0/s1. The van der Waals surface area contributed by atoms with E-state index in [1.165, 1.54) is 36.1 Å². The van der Waals surface area contributed by atoms with E-state index < -0.39 is 0 Å². The lowest BCUT2D eigenvalue weighted by molar-refractivity contribution is 0.0383. The fourth-order valence-electron chi connectivity index (χ4n) is 5.83. The minimum atomic E-state index is 0.357. The minimum Gasteiger partial charge on any atom is -0.497 e. The summed E-state index contributed by atoms with van der Waals surface area (Å²) in [5.74, 6) is 2.06. The van der Waals surface area contributed by atoms with Gasteiger partial charge >= 0.3 is 0 Å². The Morgan fingerprint density at radius 2 is 1.42 bits per heavy atom. The molecule has 2 heterocycles. The summed E-state index contributed by atoms with van der Waals surface area (Å²) in [5.41, 5.74) is 4.06. The van der Waals surface area contributed by atoms with Gasteiger partial charge in [-0.2, -0.15) is 0 Å². The maximum Gasteiger partial charge on any atom is 0.122 e. The molecule has 3 aromatic rings. The van der Waals surface area contributed by atoms with Crippen molar-refractivity contribution in [1.82, 2.24) is 9.80 Å². The number of fused-ring (bicyclic) bond motifs is 1. The largest absolute Gasteiger partial charge is 0.497 e. The number of hydrogen-bond acceptors (Lipinski definition) is 4. The van der Waals surface area contributed by atoms with Crippen LogP contribution in [0, 0.1) is 0 Å². The molecule has 0 saturated carbocycles. The van der Waals surface area contributed by atoms with E-state index in [2.05, 4.69) is 82.6 Å². The molecule has 2 atom stereocenters. The van der Waals surface area contributed by atoms with E-state index in [9.17, 15) is 0 Å². The van der Waals surface area contributed by atoms with Gasteiger partial charge in [0.2, 0.25) is 0 Å². The summed E-state index contributed by atoms with van der Waals surface area (Å²) in [6.07, 6.45) is 2.57. The first-order chi connectivity index (χ1) is 16.2. The van der Waals surface area contributed by atoms with Gasteiger partial charge in [-0.15, -0.1) is 0 Å². The van der Waals surface area contributed by atoms with Crippen molar-refractivity contribution >= 4 is 0 Å². The highest BCUT2D eigenvalue weighted by atomic mass is 16.5. The molecule has 0 amide bonds. The molecule has 2 aliphatic rings. The average Bonchev–Trinajstić information content (AvgIpc) is 3.34. The van der Waals surface area contributed by atoms with Crippen LogP contribution in [-0.2, 0) is 6.54 Å². The molecule has 5 rings (SSSR count). The molecule has 0 spiro atoms. The van der Waals surface area contributed by atoms with Crippen LogP contribution < -0.4 is 9.47 Å². The third kappa shape index (κ3) is 4.78. The second-order valence-corrected chi connectivity index (χ2v) is 9.32. The van der Waals surface area contributed by atoms with Crippen LogP contribution in [0.3, 0.4) is 0 Å². The van der Waals surface area contributed by atoms with E-state index in [0.717, 1.165) is 31.1 Å². The lowest BCUT2D eigenvalue weighted by atomic mass is 9.82. The topological polar surface area (TPSA) is 24.9 Å². The summed E-state index contributed by atoms with van der Waals surface area (Å²) in [6.45, 7) is 4.27. The summed E-state index contributed by atoms with van der Waals surface area (Å²) >= 11 is 0. The number of rotatable bonds is 7. The molecule has 0 aromatic heterocycles. The second kappa shape index (κ2) is 9.98. The van der Waals surface area contributed by atoms with E-state index >= 15 is 0 Å². The van der Waals surface area contributed by atoms with Gasteiger partial charge in [0.15, 0.2) is 0 Å². The lowest BCUT2D eigenvalue weighted by Gasteiger charge is -2.47. The van der Waals surface area contributed by atoms with Gasteiger partial charge in [0, 0.05) is 43.7 Å².